The zero-order valence-corrected chi connectivity index (χ0v) is 14.3. The fraction of sp³-hybridized carbons (Fsp3) is 0.389. The van der Waals surface area contributed by atoms with Gasteiger partial charge < -0.3 is 20.1 Å². The molecule has 1 fully saturated rings. The number of aromatic nitrogens is 3. The van der Waals surface area contributed by atoms with Crippen molar-refractivity contribution in [2.24, 2.45) is 0 Å². The third kappa shape index (κ3) is 3.96. The number of alkyl carbamates (subject to hydrolysis) is 1. The van der Waals surface area contributed by atoms with E-state index < -0.39 is 0 Å². The number of pyridine rings is 1. The van der Waals surface area contributed by atoms with Gasteiger partial charge in [-0.25, -0.2) is 4.79 Å². The van der Waals surface area contributed by atoms with Gasteiger partial charge in [0.2, 0.25) is 5.88 Å². The lowest BCUT2D eigenvalue weighted by Crippen LogP contribution is -2.28. The second kappa shape index (κ2) is 7.47. The van der Waals surface area contributed by atoms with E-state index in [0.717, 1.165) is 25.0 Å². The van der Waals surface area contributed by atoms with E-state index in [1.807, 2.05) is 30.4 Å². The maximum Gasteiger partial charge on any atom is 0.407 e. The molecular formula is C18H21N5O3. The van der Waals surface area contributed by atoms with Crippen LogP contribution >= 0.6 is 0 Å². The third-order valence-electron chi connectivity index (χ3n) is 4.53. The SMILES string of the molecule is O=C1NC/C=C\COc2cccc(n2)Nc2cc([nH]n2)[C@H]2CC[C@H](C2)O1. The summed E-state index contributed by atoms with van der Waals surface area (Å²) in [4.78, 5) is 16.3. The number of anilines is 2. The van der Waals surface area contributed by atoms with Crippen LogP contribution in [0.25, 0.3) is 0 Å². The molecule has 6 bridgehead atoms. The number of amides is 1. The monoisotopic (exact) mass is 355 g/mol. The molecule has 0 saturated heterocycles. The summed E-state index contributed by atoms with van der Waals surface area (Å²) >= 11 is 0. The number of carbonyl (C=O) groups excluding carboxylic acids is 1. The first-order valence-electron chi connectivity index (χ1n) is 8.78. The zero-order chi connectivity index (χ0) is 17.8. The Morgan fingerprint density at radius 1 is 1.15 bits per heavy atom. The van der Waals surface area contributed by atoms with E-state index in [-0.39, 0.29) is 12.2 Å². The number of hydrogen-bond acceptors (Lipinski definition) is 6. The van der Waals surface area contributed by atoms with E-state index in [1.54, 1.807) is 6.07 Å². The molecule has 0 radical (unpaired) electrons. The van der Waals surface area contributed by atoms with E-state index in [9.17, 15) is 4.79 Å². The minimum atomic E-state index is -0.385. The Bertz CT molecular complexity index is 804. The second-order valence-electron chi connectivity index (χ2n) is 6.40. The van der Waals surface area contributed by atoms with E-state index in [2.05, 4.69) is 25.8 Å². The van der Waals surface area contributed by atoms with Crippen molar-refractivity contribution in [1.82, 2.24) is 20.5 Å². The van der Waals surface area contributed by atoms with Crippen LogP contribution in [0.3, 0.4) is 0 Å². The maximum atomic E-state index is 11.9. The van der Waals surface area contributed by atoms with Crippen LogP contribution < -0.4 is 15.4 Å². The molecular weight excluding hydrogens is 334 g/mol. The summed E-state index contributed by atoms with van der Waals surface area (Å²) in [7, 11) is 0. The van der Waals surface area contributed by atoms with Crippen LogP contribution in [0.1, 0.15) is 30.9 Å². The Kier molecular flexibility index (Phi) is 4.72. The fourth-order valence-corrected chi connectivity index (χ4v) is 3.26. The molecule has 1 saturated carbocycles. The molecule has 8 nitrogen and oxygen atoms in total. The van der Waals surface area contributed by atoms with Crippen molar-refractivity contribution in [1.29, 1.82) is 0 Å². The quantitative estimate of drug-likeness (QED) is 0.628. The Hall–Kier alpha value is -3.03. The first-order chi connectivity index (χ1) is 12.8. The molecule has 1 aliphatic heterocycles. The van der Waals surface area contributed by atoms with Crippen molar-refractivity contribution in [3.63, 3.8) is 0 Å². The number of nitrogens with one attached hydrogen (secondary N) is 3. The summed E-state index contributed by atoms with van der Waals surface area (Å²) in [6.45, 7) is 0.765. The van der Waals surface area contributed by atoms with E-state index in [0.29, 0.717) is 36.6 Å². The first-order valence-corrected chi connectivity index (χ1v) is 8.78. The van der Waals surface area contributed by atoms with Crippen molar-refractivity contribution < 1.29 is 14.3 Å². The average Bonchev–Trinajstić information content (AvgIpc) is 3.27. The first kappa shape index (κ1) is 16.4. The summed E-state index contributed by atoms with van der Waals surface area (Å²) < 4.78 is 11.1. The van der Waals surface area contributed by atoms with Crippen LogP contribution in [-0.2, 0) is 4.74 Å². The van der Waals surface area contributed by atoms with Gasteiger partial charge in [-0.2, -0.15) is 10.1 Å². The van der Waals surface area contributed by atoms with Gasteiger partial charge in [-0.1, -0.05) is 12.1 Å². The minimum absolute atomic E-state index is 0.0655. The average molecular weight is 355 g/mol. The Morgan fingerprint density at radius 2 is 2.12 bits per heavy atom. The summed E-state index contributed by atoms with van der Waals surface area (Å²) in [5.41, 5.74) is 1.04. The number of aromatic amines is 1. The number of carbonyl (C=O) groups is 1. The van der Waals surface area contributed by atoms with Crippen LogP contribution in [-0.4, -0.2) is 40.5 Å². The van der Waals surface area contributed by atoms with Crippen molar-refractivity contribution >= 4 is 17.7 Å². The highest BCUT2D eigenvalue weighted by atomic mass is 16.6. The smallest absolute Gasteiger partial charge is 0.407 e. The van der Waals surface area contributed by atoms with Gasteiger partial charge in [0.15, 0.2) is 5.82 Å². The molecule has 0 spiro atoms. The van der Waals surface area contributed by atoms with Gasteiger partial charge >= 0.3 is 6.09 Å². The molecule has 2 atom stereocenters. The highest BCUT2D eigenvalue weighted by Crippen LogP contribution is 2.36. The number of nitrogens with zero attached hydrogens (tertiary/aromatic N) is 2. The van der Waals surface area contributed by atoms with Crippen molar-refractivity contribution in [3.05, 3.63) is 42.1 Å². The third-order valence-corrected chi connectivity index (χ3v) is 4.53. The Balaban J connectivity index is 1.54. The molecule has 3 heterocycles. The minimum Gasteiger partial charge on any atom is -0.473 e. The lowest BCUT2D eigenvalue weighted by atomic mass is 10.0. The number of rotatable bonds is 0. The lowest BCUT2D eigenvalue weighted by molar-refractivity contribution is 0.101. The largest absolute Gasteiger partial charge is 0.473 e. The molecule has 1 amide bonds. The molecule has 0 unspecified atom stereocenters. The van der Waals surface area contributed by atoms with Crippen molar-refractivity contribution in [2.45, 2.75) is 31.3 Å². The van der Waals surface area contributed by atoms with Crippen molar-refractivity contribution in [3.8, 4) is 5.88 Å². The molecule has 2 aliphatic rings. The van der Waals surface area contributed by atoms with Gasteiger partial charge in [-0.3, -0.25) is 5.10 Å². The number of H-pyrrole nitrogens is 1. The highest BCUT2D eigenvalue weighted by molar-refractivity contribution is 5.67. The Labute approximate surface area is 151 Å². The standard InChI is InChI=1S/C18H21N5O3/c24-18-19-8-1-2-9-25-17-5-3-4-15(21-17)20-16-11-14(22-23-16)12-6-7-13(10-12)26-18/h1-5,11-13H,6-10H2,(H,19,24)(H2,20,21,22,23)/b2-1-/t12-,13+/m0/s1. The predicted octanol–water partition coefficient (Wildman–Crippen LogP) is 2.86. The molecule has 26 heavy (non-hydrogen) atoms. The van der Waals surface area contributed by atoms with E-state index in [1.165, 1.54) is 0 Å². The molecule has 2 aromatic rings. The lowest BCUT2D eigenvalue weighted by Gasteiger charge is -2.12. The van der Waals surface area contributed by atoms with Gasteiger partial charge in [-0.15, -0.1) is 0 Å². The van der Waals surface area contributed by atoms with Crippen LogP contribution in [0.2, 0.25) is 0 Å². The highest BCUT2D eigenvalue weighted by Gasteiger charge is 2.29. The normalized spacial score (nSPS) is 24.2. The van der Waals surface area contributed by atoms with Crippen molar-refractivity contribution in [2.75, 3.05) is 18.5 Å². The van der Waals surface area contributed by atoms with Gasteiger partial charge in [0, 0.05) is 30.3 Å². The van der Waals surface area contributed by atoms with E-state index in [4.69, 9.17) is 9.47 Å². The predicted molar refractivity (Wildman–Crippen MR) is 95.6 cm³/mol. The van der Waals surface area contributed by atoms with Crippen LogP contribution in [0.15, 0.2) is 36.4 Å². The van der Waals surface area contributed by atoms with Crippen LogP contribution in [0.5, 0.6) is 5.88 Å². The molecule has 0 aromatic carbocycles. The molecule has 8 heteroatoms. The molecule has 136 valence electrons. The molecule has 1 aliphatic carbocycles. The summed E-state index contributed by atoms with van der Waals surface area (Å²) in [6.07, 6.45) is 5.82. The van der Waals surface area contributed by atoms with Gasteiger partial charge in [0.05, 0.1) is 0 Å². The van der Waals surface area contributed by atoms with Gasteiger partial charge in [-0.05, 0) is 31.4 Å². The Morgan fingerprint density at radius 3 is 3.08 bits per heavy atom. The number of ether oxygens (including phenoxy) is 2. The number of hydrogen-bond donors (Lipinski definition) is 3. The van der Waals surface area contributed by atoms with E-state index >= 15 is 0 Å². The van der Waals surface area contributed by atoms with Gasteiger partial charge in [0.25, 0.3) is 0 Å². The summed E-state index contributed by atoms with van der Waals surface area (Å²) in [5, 5.41) is 13.3. The second-order valence-corrected chi connectivity index (χ2v) is 6.40. The van der Waals surface area contributed by atoms with Gasteiger partial charge in [0.1, 0.15) is 18.5 Å². The van der Waals surface area contributed by atoms with Crippen LogP contribution in [0, 0.1) is 0 Å². The fourth-order valence-electron chi connectivity index (χ4n) is 3.26. The topological polar surface area (TPSA) is 101 Å². The number of fused-ring (bicyclic) bond motifs is 7. The summed E-state index contributed by atoms with van der Waals surface area (Å²) in [5.74, 6) is 2.19. The molecule has 4 rings (SSSR count). The molecule has 2 aromatic heterocycles. The maximum absolute atomic E-state index is 11.9. The summed E-state index contributed by atoms with van der Waals surface area (Å²) in [6, 6.07) is 7.51. The molecule has 3 N–H and O–H groups in total. The van der Waals surface area contributed by atoms with Crippen LogP contribution in [0.4, 0.5) is 16.4 Å². The zero-order valence-electron chi connectivity index (χ0n) is 14.3.